The summed E-state index contributed by atoms with van der Waals surface area (Å²) in [5.74, 6) is 0.263. The molecule has 0 bridgehead atoms. The summed E-state index contributed by atoms with van der Waals surface area (Å²) >= 11 is 8.24. The smallest absolute Gasteiger partial charge is 0.312 e. The molecule has 1 aromatic rings. The second kappa shape index (κ2) is 6.55. The number of thiocarbonyl (C=S) groups is 1. The summed E-state index contributed by atoms with van der Waals surface area (Å²) in [6.07, 6.45) is 0.0668. The van der Waals surface area contributed by atoms with Crippen LogP contribution in [0.25, 0.3) is 0 Å². The number of esters is 1. The topological polar surface area (TPSA) is 51.2 Å². The minimum atomic E-state index is -0.338. The number of halogens is 1. The van der Waals surface area contributed by atoms with Gasteiger partial charge in [0.05, 0.1) is 18.0 Å². The third-order valence-electron chi connectivity index (χ3n) is 1.59. The van der Waals surface area contributed by atoms with E-state index < -0.39 is 0 Å². The quantitative estimate of drug-likeness (QED) is 0.526. The fraction of sp³-hybridized carbons (Fsp3) is 0.300. The Morgan fingerprint density at radius 2 is 2.38 bits per heavy atom. The lowest BCUT2D eigenvalue weighted by Crippen LogP contribution is -2.17. The van der Waals surface area contributed by atoms with E-state index >= 15 is 0 Å². The summed E-state index contributed by atoms with van der Waals surface area (Å²) in [6.45, 7) is 2.11. The van der Waals surface area contributed by atoms with E-state index in [4.69, 9.17) is 17.0 Å². The number of nitrogens with zero attached hydrogens (tertiary/aromatic N) is 1. The van der Waals surface area contributed by atoms with Crippen LogP contribution >= 0.6 is 28.1 Å². The molecule has 0 amide bonds. The van der Waals surface area contributed by atoms with Crippen LogP contribution in [-0.4, -0.2) is 22.5 Å². The van der Waals surface area contributed by atoms with Crippen molar-refractivity contribution in [2.75, 3.05) is 11.9 Å². The van der Waals surface area contributed by atoms with Crippen LogP contribution < -0.4 is 5.32 Å². The monoisotopic (exact) mass is 302 g/mol. The van der Waals surface area contributed by atoms with Crippen molar-refractivity contribution in [1.82, 2.24) is 4.98 Å². The molecule has 0 unspecified atom stereocenters. The third kappa shape index (κ3) is 4.67. The molecule has 0 aromatic carbocycles. The molecule has 86 valence electrons. The van der Waals surface area contributed by atoms with E-state index in [1.165, 1.54) is 0 Å². The number of carbonyl (C=O) groups is 1. The van der Waals surface area contributed by atoms with Gasteiger partial charge in [0.15, 0.2) is 0 Å². The van der Waals surface area contributed by atoms with Crippen LogP contribution in [0.1, 0.15) is 13.3 Å². The average molecular weight is 303 g/mol. The summed E-state index contributed by atoms with van der Waals surface area (Å²) < 4.78 is 5.48. The fourth-order valence-electron chi connectivity index (χ4n) is 1.01. The first kappa shape index (κ1) is 13.1. The second-order valence-corrected chi connectivity index (χ2v) is 4.18. The summed E-state index contributed by atoms with van der Waals surface area (Å²) in [5, 5.41) is 2.86. The summed E-state index contributed by atoms with van der Waals surface area (Å²) in [6, 6.07) is 5.40. The first-order chi connectivity index (χ1) is 7.61. The van der Waals surface area contributed by atoms with Gasteiger partial charge in [0.1, 0.15) is 10.4 Å². The van der Waals surface area contributed by atoms with Crippen molar-refractivity contribution in [2.45, 2.75) is 13.3 Å². The molecule has 0 fully saturated rings. The van der Waals surface area contributed by atoms with Gasteiger partial charge >= 0.3 is 5.97 Å². The Hall–Kier alpha value is -1.01. The van der Waals surface area contributed by atoms with Crippen LogP contribution in [0.5, 0.6) is 0 Å². The largest absolute Gasteiger partial charge is 0.466 e. The molecule has 1 N–H and O–H groups in total. The van der Waals surface area contributed by atoms with Crippen molar-refractivity contribution in [3.8, 4) is 0 Å². The van der Waals surface area contributed by atoms with E-state index in [-0.39, 0.29) is 12.4 Å². The number of rotatable bonds is 4. The second-order valence-electron chi connectivity index (χ2n) is 2.88. The Labute approximate surface area is 108 Å². The predicted octanol–water partition coefficient (Wildman–Crippen LogP) is 2.54. The number of pyridine rings is 1. The molecule has 16 heavy (non-hydrogen) atoms. The Bertz CT molecular complexity index is 398. The van der Waals surface area contributed by atoms with Gasteiger partial charge in [-0.05, 0) is 35.0 Å². The van der Waals surface area contributed by atoms with E-state index in [9.17, 15) is 4.79 Å². The zero-order valence-corrected chi connectivity index (χ0v) is 11.1. The Balaban J connectivity index is 2.48. The van der Waals surface area contributed by atoms with Crippen molar-refractivity contribution < 1.29 is 9.53 Å². The van der Waals surface area contributed by atoms with Crippen LogP contribution in [0.4, 0.5) is 5.82 Å². The van der Waals surface area contributed by atoms with Crippen LogP contribution in [0.15, 0.2) is 22.8 Å². The lowest BCUT2D eigenvalue weighted by atomic mass is 10.4. The highest BCUT2D eigenvalue weighted by Gasteiger charge is 2.07. The maximum absolute atomic E-state index is 11.1. The lowest BCUT2D eigenvalue weighted by Gasteiger charge is -2.06. The Morgan fingerprint density at radius 3 is 3.00 bits per heavy atom. The minimum absolute atomic E-state index is 0.0668. The predicted molar refractivity (Wildman–Crippen MR) is 69.4 cm³/mol. The van der Waals surface area contributed by atoms with Crippen LogP contribution in [0.3, 0.4) is 0 Å². The SMILES string of the molecule is CCOC(=O)CC(=S)Nc1cccc(Br)n1. The van der Waals surface area contributed by atoms with Crippen molar-refractivity contribution in [1.29, 1.82) is 0 Å². The molecule has 4 nitrogen and oxygen atoms in total. The number of aromatic nitrogens is 1. The highest BCUT2D eigenvalue weighted by atomic mass is 79.9. The molecule has 0 saturated carbocycles. The van der Waals surface area contributed by atoms with Gasteiger partial charge in [-0.2, -0.15) is 0 Å². The molecule has 0 atom stereocenters. The molecule has 0 radical (unpaired) electrons. The van der Waals surface area contributed by atoms with Gasteiger partial charge in [-0.15, -0.1) is 0 Å². The summed E-state index contributed by atoms with van der Waals surface area (Å²) in [5.41, 5.74) is 0. The number of ether oxygens (including phenoxy) is 1. The number of carbonyl (C=O) groups excluding carboxylic acids is 1. The molecule has 0 saturated heterocycles. The van der Waals surface area contributed by atoms with Gasteiger partial charge in [-0.1, -0.05) is 18.3 Å². The first-order valence-electron chi connectivity index (χ1n) is 4.70. The third-order valence-corrected chi connectivity index (χ3v) is 2.28. The van der Waals surface area contributed by atoms with E-state index in [1.54, 1.807) is 19.1 Å². The summed E-state index contributed by atoms with van der Waals surface area (Å²) in [7, 11) is 0. The van der Waals surface area contributed by atoms with Crippen LogP contribution in [0.2, 0.25) is 0 Å². The maximum atomic E-state index is 11.1. The van der Waals surface area contributed by atoms with Gasteiger partial charge in [-0.25, -0.2) is 4.98 Å². The molecule has 0 aliphatic heterocycles. The molecule has 0 aliphatic rings. The van der Waals surface area contributed by atoms with E-state index in [0.717, 1.165) is 0 Å². The van der Waals surface area contributed by atoms with Gasteiger partial charge in [0, 0.05) is 0 Å². The highest BCUT2D eigenvalue weighted by molar-refractivity contribution is 9.10. The molecular weight excluding hydrogens is 292 g/mol. The molecule has 0 aliphatic carbocycles. The molecule has 1 heterocycles. The zero-order valence-electron chi connectivity index (χ0n) is 8.70. The van der Waals surface area contributed by atoms with Crippen molar-refractivity contribution in [3.63, 3.8) is 0 Å². The number of hydrogen-bond acceptors (Lipinski definition) is 4. The number of hydrogen-bond donors (Lipinski definition) is 1. The fourth-order valence-corrected chi connectivity index (χ4v) is 1.57. The minimum Gasteiger partial charge on any atom is -0.466 e. The van der Waals surface area contributed by atoms with E-state index in [0.29, 0.717) is 22.0 Å². The lowest BCUT2D eigenvalue weighted by molar-refractivity contribution is -0.141. The molecular formula is C10H11BrN2O2S. The number of nitrogens with one attached hydrogen (secondary N) is 1. The molecule has 1 aromatic heterocycles. The average Bonchev–Trinajstić information content (AvgIpc) is 2.17. The van der Waals surface area contributed by atoms with E-state index in [1.807, 2.05) is 6.07 Å². The molecule has 0 spiro atoms. The Morgan fingerprint density at radius 1 is 1.62 bits per heavy atom. The standard InChI is InChI=1S/C10H11BrN2O2S/c1-2-15-10(14)6-9(16)13-8-5-3-4-7(11)12-8/h3-5H,2,6H2,1H3,(H,12,13,16). The van der Waals surface area contributed by atoms with Gasteiger partial charge in [-0.3, -0.25) is 4.79 Å². The van der Waals surface area contributed by atoms with Crippen molar-refractivity contribution in [3.05, 3.63) is 22.8 Å². The van der Waals surface area contributed by atoms with Crippen LogP contribution in [0, 0.1) is 0 Å². The summed E-state index contributed by atoms with van der Waals surface area (Å²) in [4.78, 5) is 15.7. The normalized spacial score (nSPS) is 9.62. The van der Waals surface area contributed by atoms with Crippen molar-refractivity contribution in [2.24, 2.45) is 0 Å². The van der Waals surface area contributed by atoms with E-state index in [2.05, 4.69) is 26.2 Å². The highest BCUT2D eigenvalue weighted by Crippen LogP contribution is 2.10. The first-order valence-corrected chi connectivity index (χ1v) is 5.90. The Kier molecular flexibility index (Phi) is 5.34. The maximum Gasteiger partial charge on any atom is 0.312 e. The van der Waals surface area contributed by atoms with Crippen molar-refractivity contribution >= 4 is 44.9 Å². The zero-order chi connectivity index (χ0) is 12.0. The number of anilines is 1. The molecule has 6 heteroatoms. The van der Waals surface area contributed by atoms with Gasteiger partial charge in [0.2, 0.25) is 0 Å². The molecule has 1 rings (SSSR count). The van der Waals surface area contributed by atoms with Gasteiger partial charge in [0.25, 0.3) is 0 Å². The van der Waals surface area contributed by atoms with Crippen LogP contribution in [-0.2, 0) is 9.53 Å². The van der Waals surface area contributed by atoms with Gasteiger partial charge < -0.3 is 10.1 Å².